The maximum atomic E-state index is 5.64. The molecule has 4 heteroatoms. The third-order valence-electron chi connectivity index (χ3n) is 2.40. The molecule has 1 N–H and O–H groups in total. The van der Waals surface area contributed by atoms with Gasteiger partial charge < -0.3 is 19.5 Å². The van der Waals surface area contributed by atoms with Crippen LogP contribution < -0.4 is 14.8 Å². The predicted molar refractivity (Wildman–Crippen MR) is 72.3 cm³/mol. The monoisotopic (exact) mass is 253 g/mol. The van der Waals surface area contributed by atoms with E-state index in [0.29, 0.717) is 13.2 Å². The summed E-state index contributed by atoms with van der Waals surface area (Å²) in [7, 11) is 3.57. The van der Waals surface area contributed by atoms with E-state index in [1.54, 1.807) is 7.11 Å². The molecule has 0 atom stereocenters. The summed E-state index contributed by atoms with van der Waals surface area (Å²) >= 11 is 0. The van der Waals surface area contributed by atoms with Crippen LogP contribution in [0.5, 0.6) is 11.5 Å². The maximum absolute atomic E-state index is 5.64. The van der Waals surface area contributed by atoms with Gasteiger partial charge in [0.2, 0.25) is 0 Å². The predicted octanol–water partition coefficient (Wildman–Crippen LogP) is 2.22. The Hall–Kier alpha value is -1.26. The molecule has 0 aliphatic rings. The number of ether oxygens (including phenoxy) is 3. The lowest BCUT2D eigenvalue weighted by atomic mass is 10.2. The quantitative estimate of drug-likeness (QED) is 0.721. The van der Waals surface area contributed by atoms with Gasteiger partial charge in [0, 0.05) is 6.54 Å². The fourth-order valence-corrected chi connectivity index (χ4v) is 1.58. The van der Waals surface area contributed by atoms with Gasteiger partial charge in [0.25, 0.3) is 0 Å². The van der Waals surface area contributed by atoms with E-state index in [1.807, 2.05) is 39.1 Å². The van der Waals surface area contributed by atoms with Crippen LogP contribution in [0.2, 0.25) is 0 Å². The van der Waals surface area contributed by atoms with Crippen molar-refractivity contribution in [3.63, 3.8) is 0 Å². The van der Waals surface area contributed by atoms with Crippen molar-refractivity contribution in [2.24, 2.45) is 0 Å². The van der Waals surface area contributed by atoms with E-state index in [4.69, 9.17) is 14.2 Å². The van der Waals surface area contributed by atoms with Crippen LogP contribution in [0.25, 0.3) is 0 Å². The molecule has 1 aromatic rings. The van der Waals surface area contributed by atoms with E-state index in [9.17, 15) is 0 Å². The Morgan fingerprint density at radius 3 is 2.56 bits per heavy atom. The average molecular weight is 253 g/mol. The van der Waals surface area contributed by atoms with Crippen molar-refractivity contribution in [2.45, 2.75) is 26.5 Å². The Labute approximate surface area is 109 Å². The van der Waals surface area contributed by atoms with E-state index in [-0.39, 0.29) is 6.10 Å². The van der Waals surface area contributed by atoms with Gasteiger partial charge >= 0.3 is 0 Å². The molecule has 1 rings (SSSR count). The fraction of sp³-hybridized carbons (Fsp3) is 0.571. The Morgan fingerprint density at radius 1 is 1.17 bits per heavy atom. The van der Waals surface area contributed by atoms with Crippen LogP contribution >= 0.6 is 0 Å². The lowest BCUT2D eigenvalue weighted by Gasteiger charge is -2.13. The minimum absolute atomic E-state index is 0.230. The molecule has 0 aliphatic carbocycles. The van der Waals surface area contributed by atoms with Crippen molar-refractivity contribution in [2.75, 3.05) is 27.4 Å². The van der Waals surface area contributed by atoms with E-state index in [1.165, 1.54) is 5.56 Å². The molecule has 4 nitrogen and oxygen atoms in total. The minimum atomic E-state index is 0.230. The Balaban J connectivity index is 2.54. The largest absolute Gasteiger partial charge is 0.493 e. The molecule has 0 aromatic heterocycles. The number of hydrogen-bond donors (Lipinski definition) is 1. The smallest absolute Gasteiger partial charge is 0.161 e. The first kappa shape index (κ1) is 14.8. The third kappa shape index (κ3) is 4.94. The summed E-state index contributed by atoms with van der Waals surface area (Å²) in [6.07, 6.45) is 0.230. The minimum Gasteiger partial charge on any atom is -0.493 e. The van der Waals surface area contributed by atoms with E-state index in [0.717, 1.165) is 18.0 Å². The van der Waals surface area contributed by atoms with Gasteiger partial charge in [-0.2, -0.15) is 0 Å². The first-order valence-electron chi connectivity index (χ1n) is 6.23. The van der Waals surface area contributed by atoms with Gasteiger partial charge in [-0.1, -0.05) is 6.07 Å². The highest BCUT2D eigenvalue weighted by Crippen LogP contribution is 2.27. The second-order valence-corrected chi connectivity index (χ2v) is 4.28. The van der Waals surface area contributed by atoms with Gasteiger partial charge in [-0.3, -0.25) is 0 Å². The Kier molecular flexibility index (Phi) is 6.54. The van der Waals surface area contributed by atoms with Crippen molar-refractivity contribution in [3.8, 4) is 11.5 Å². The van der Waals surface area contributed by atoms with E-state index in [2.05, 4.69) is 5.32 Å². The highest BCUT2D eigenvalue weighted by Gasteiger charge is 2.05. The molecule has 0 spiro atoms. The molecule has 0 unspecified atom stereocenters. The lowest BCUT2D eigenvalue weighted by molar-refractivity contribution is 0.0547. The van der Waals surface area contributed by atoms with Crippen LogP contribution in [-0.2, 0) is 11.3 Å². The highest BCUT2D eigenvalue weighted by molar-refractivity contribution is 5.42. The molecule has 0 bridgehead atoms. The van der Waals surface area contributed by atoms with Crippen LogP contribution in [0.4, 0.5) is 0 Å². The van der Waals surface area contributed by atoms with Crippen molar-refractivity contribution < 1.29 is 14.2 Å². The van der Waals surface area contributed by atoms with Gasteiger partial charge in [-0.15, -0.1) is 0 Å². The molecule has 1 aromatic carbocycles. The van der Waals surface area contributed by atoms with Crippen LogP contribution in [0.1, 0.15) is 19.4 Å². The SMILES string of the molecule is CNCc1ccc(OCCOC(C)C)c(OC)c1. The average Bonchev–Trinajstić information content (AvgIpc) is 2.35. The van der Waals surface area contributed by atoms with Gasteiger partial charge in [-0.05, 0) is 38.6 Å². The van der Waals surface area contributed by atoms with E-state index < -0.39 is 0 Å². The normalized spacial score (nSPS) is 10.7. The summed E-state index contributed by atoms with van der Waals surface area (Å²) in [5, 5.41) is 3.10. The molecule has 0 saturated heterocycles. The van der Waals surface area contributed by atoms with Crippen molar-refractivity contribution in [1.29, 1.82) is 0 Å². The second-order valence-electron chi connectivity index (χ2n) is 4.28. The first-order chi connectivity index (χ1) is 8.67. The lowest BCUT2D eigenvalue weighted by Crippen LogP contribution is -2.12. The third-order valence-corrected chi connectivity index (χ3v) is 2.40. The first-order valence-corrected chi connectivity index (χ1v) is 6.23. The number of benzene rings is 1. The van der Waals surface area contributed by atoms with Crippen LogP contribution in [-0.4, -0.2) is 33.5 Å². The Morgan fingerprint density at radius 2 is 1.94 bits per heavy atom. The van der Waals surface area contributed by atoms with Crippen LogP contribution in [0, 0.1) is 0 Å². The summed E-state index contributed by atoms with van der Waals surface area (Å²) in [6.45, 7) is 5.94. The van der Waals surface area contributed by atoms with Crippen LogP contribution in [0.15, 0.2) is 18.2 Å². The zero-order valence-corrected chi connectivity index (χ0v) is 11.7. The molecule has 0 radical (unpaired) electrons. The fourth-order valence-electron chi connectivity index (χ4n) is 1.58. The molecule has 0 fully saturated rings. The summed E-state index contributed by atoms with van der Waals surface area (Å²) in [4.78, 5) is 0. The molecule has 0 amide bonds. The second kappa shape index (κ2) is 7.95. The summed E-state index contributed by atoms with van der Waals surface area (Å²) < 4.78 is 16.4. The number of hydrogen-bond acceptors (Lipinski definition) is 4. The topological polar surface area (TPSA) is 39.7 Å². The van der Waals surface area contributed by atoms with Gasteiger partial charge in [0.05, 0.1) is 19.8 Å². The summed E-state index contributed by atoms with van der Waals surface area (Å²) in [5.74, 6) is 1.51. The number of nitrogens with one attached hydrogen (secondary N) is 1. The highest BCUT2D eigenvalue weighted by atomic mass is 16.5. The van der Waals surface area contributed by atoms with E-state index >= 15 is 0 Å². The van der Waals surface area contributed by atoms with Crippen molar-refractivity contribution in [3.05, 3.63) is 23.8 Å². The molecule has 0 aliphatic heterocycles. The molecule has 18 heavy (non-hydrogen) atoms. The van der Waals surface area contributed by atoms with Crippen molar-refractivity contribution in [1.82, 2.24) is 5.32 Å². The molecule has 102 valence electrons. The molecular weight excluding hydrogens is 230 g/mol. The molecule has 0 saturated carbocycles. The molecule has 0 heterocycles. The Bertz CT molecular complexity index is 353. The van der Waals surface area contributed by atoms with Crippen LogP contribution in [0.3, 0.4) is 0 Å². The van der Waals surface area contributed by atoms with Gasteiger partial charge in [0.15, 0.2) is 11.5 Å². The van der Waals surface area contributed by atoms with Gasteiger partial charge in [-0.25, -0.2) is 0 Å². The summed E-state index contributed by atoms with van der Waals surface area (Å²) in [5.41, 5.74) is 1.17. The molecular formula is C14H23NO3. The zero-order chi connectivity index (χ0) is 13.4. The standard InChI is InChI=1S/C14H23NO3/c1-11(2)17-7-8-18-13-6-5-12(10-15-3)9-14(13)16-4/h5-6,9,11,15H,7-8,10H2,1-4H3. The van der Waals surface area contributed by atoms with Crippen molar-refractivity contribution >= 4 is 0 Å². The maximum Gasteiger partial charge on any atom is 0.161 e. The zero-order valence-electron chi connectivity index (χ0n) is 11.7. The number of methoxy groups -OCH3 is 1. The summed E-state index contributed by atoms with van der Waals surface area (Å²) in [6, 6.07) is 5.94. The number of rotatable bonds is 8. The van der Waals surface area contributed by atoms with Gasteiger partial charge in [0.1, 0.15) is 6.61 Å².